The quantitative estimate of drug-likeness (QED) is 0.896. The van der Waals surface area contributed by atoms with Crippen molar-refractivity contribution in [3.8, 4) is 0 Å². The smallest absolute Gasteiger partial charge is 0.251 e. The van der Waals surface area contributed by atoms with Crippen molar-refractivity contribution in [3.05, 3.63) is 33.8 Å². The Morgan fingerprint density at radius 1 is 1.38 bits per heavy atom. The van der Waals surface area contributed by atoms with Gasteiger partial charge in [0.25, 0.3) is 5.92 Å². The molecule has 0 unspecified atom stereocenters. The van der Waals surface area contributed by atoms with Gasteiger partial charge in [-0.3, -0.25) is 0 Å². The molecule has 2 rings (SSSR count). The molecule has 1 aliphatic rings. The highest BCUT2D eigenvalue weighted by atomic mass is 79.9. The van der Waals surface area contributed by atoms with Gasteiger partial charge in [-0.25, -0.2) is 8.78 Å². The zero-order valence-corrected chi connectivity index (χ0v) is 10.7. The summed E-state index contributed by atoms with van der Waals surface area (Å²) in [5, 5.41) is 3.14. The molecule has 0 spiro atoms. The summed E-state index contributed by atoms with van der Waals surface area (Å²) in [7, 11) is 0. The van der Waals surface area contributed by atoms with E-state index < -0.39 is 5.92 Å². The second-order valence-corrected chi connectivity index (χ2v) is 5.39. The van der Waals surface area contributed by atoms with Crippen molar-refractivity contribution in [2.45, 2.75) is 38.3 Å². The van der Waals surface area contributed by atoms with Crippen molar-refractivity contribution in [1.29, 1.82) is 0 Å². The largest absolute Gasteiger partial charge is 0.309 e. The van der Waals surface area contributed by atoms with Crippen LogP contribution in [0.25, 0.3) is 0 Å². The van der Waals surface area contributed by atoms with Gasteiger partial charge in [0.2, 0.25) is 0 Å². The fourth-order valence-electron chi connectivity index (χ4n) is 1.98. The van der Waals surface area contributed by atoms with Crippen molar-refractivity contribution in [3.63, 3.8) is 0 Å². The van der Waals surface area contributed by atoms with Gasteiger partial charge >= 0.3 is 0 Å². The molecule has 1 fully saturated rings. The molecule has 0 saturated heterocycles. The van der Waals surface area contributed by atoms with Gasteiger partial charge in [-0.1, -0.05) is 22.0 Å². The summed E-state index contributed by atoms with van der Waals surface area (Å²) in [5.41, 5.74) is 2.30. The third-order valence-corrected chi connectivity index (χ3v) is 3.24. The van der Waals surface area contributed by atoms with E-state index in [0.717, 1.165) is 10.0 Å². The zero-order chi connectivity index (χ0) is 11.8. The molecule has 1 nitrogen and oxygen atoms in total. The van der Waals surface area contributed by atoms with Gasteiger partial charge in [0.05, 0.1) is 0 Å². The number of rotatable bonds is 3. The van der Waals surface area contributed by atoms with Gasteiger partial charge < -0.3 is 5.32 Å². The first-order valence-electron chi connectivity index (χ1n) is 5.32. The molecule has 4 heteroatoms. The van der Waals surface area contributed by atoms with Gasteiger partial charge in [-0.05, 0) is 30.2 Å². The molecule has 0 radical (unpaired) electrons. The molecule has 0 bridgehead atoms. The number of aryl methyl sites for hydroxylation is 1. The van der Waals surface area contributed by atoms with E-state index in [2.05, 4.69) is 27.3 Å². The molecule has 0 amide bonds. The van der Waals surface area contributed by atoms with E-state index in [1.807, 2.05) is 19.1 Å². The normalized spacial score (nSPS) is 19.5. The molecule has 0 aliphatic heterocycles. The molecule has 0 aromatic heterocycles. The summed E-state index contributed by atoms with van der Waals surface area (Å²) in [6.07, 6.45) is -0.0556. The Balaban J connectivity index is 1.86. The number of benzene rings is 1. The lowest BCUT2D eigenvalue weighted by Gasteiger charge is -2.35. The van der Waals surface area contributed by atoms with Crippen LogP contribution >= 0.6 is 15.9 Å². The summed E-state index contributed by atoms with van der Waals surface area (Å²) < 4.78 is 26.2. The predicted octanol–water partition coefficient (Wildman–Crippen LogP) is 3.64. The van der Waals surface area contributed by atoms with E-state index in [9.17, 15) is 8.78 Å². The lowest BCUT2D eigenvalue weighted by molar-refractivity contribution is -0.0930. The minimum absolute atomic E-state index is 0.0278. The maximum Gasteiger partial charge on any atom is 0.251 e. The SMILES string of the molecule is Cc1cc(Br)cc(CNC2CC(F)(F)C2)c1. The van der Waals surface area contributed by atoms with Crippen molar-refractivity contribution in [2.75, 3.05) is 0 Å². The van der Waals surface area contributed by atoms with Crippen LogP contribution < -0.4 is 5.32 Å². The molecular weight excluding hydrogens is 276 g/mol. The lowest BCUT2D eigenvalue weighted by atomic mass is 9.88. The van der Waals surface area contributed by atoms with Crippen LogP contribution in [-0.2, 0) is 6.54 Å². The van der Waals surface area contributed by atoms with Crippen molar-refractivity contribution in [2.24, 2.45) is 0 Å². The number of hydrogen-bond donors (Lipinski definition) is 1. The van der Waals surface area contributed by atoms with Gasteiger partial charge in [0.1, 0.15) is 0 Å². The molecular formula is C12H14BrF2N. The summed E-state index contributed by atoms with van der Waals surface area (Å²) in [4.78, 5) is 0. The maximum atomic E-state index is 12.6. The molecule has 1 aromatic carbocycles. The van der Waals surface area contributed by atoms with Gasteiger partial charge in [-0.15, -0.1) is 0 Å². The van der Waals surface area contributed by atoms with Crippen LogP contribution in [0.4, 0.5) is 8.78 Å². The Morgan fingerprint density at radius 3 is 2.62 bits per heavy atom. The number of hydrogen-bond acceptors (Lipinski definition) is 1. The minimum atomic E-state index is -2.44. The van der Waals surface area contributed by atoms with Crippen LogP contribution in [0, 0.1) is 6.92 Å². The van der Waals surface area contributed by atoms with E-state index >= 15 is 0 Å². The Kier molecular flexibility index (Phi) is 3.31. The Labute approximate surface area is 102 Å². The molecule has 88 valence electrons. The Bertz CT molecular complexity index is 364. The minimum Gasteiger partial charge on any atom is -0.309 e. The molecule has 0 heterocycles. The first-order chi connectivity index (χ1) is 7.44. The van der Waals surface area contributed by atoms with E-state index in [0.29, 0.717) is 6.54 Å². The molecule has 1 aromatic rings. The predicted molar refractivity (Wildman–Crippen MR) is 63.7 cm³/mol. The Hall–Kier alpha value is -0.480. The van der Waals surface area contributed by atoms with Crippen LogP contribution in [0.5, 0.6) is 0 Å². The third-order valence-electron chi connectivity index (χ3n) is 2.79. The summed E-state index contributed by atoms with van der Waals surface area (Å²) in [5.74, 6) is -2.44. The van der Waals surface area contributed by atoms with Gasteiger partial charge in [0, 0.05) is 29.9 Å². The summed E-state index contributed by atoms with van der Waals surface area (Å²) >= 11 is 3.42. The summed E-state index contributed by atoms with van der Waals surface area (Å²) in [6.45, 7) is 2.67. The molecule has 1 saturated carbocycles. The van der Waals surface area contributed by atoms with E-state index in [1.165, 1.54) is 5.56 Å². The van der Waals surface area contributed by atoms with Crippen LogP contribution in [-0.4, -0.2) is 12.0 Å². The second kappa shape index (κ2) is 4.41. The van der Waals surface area contributed by atoms with E-state index in [4.69, 9.17) is 0 Å². The van der Waals surface area contributed by atoms with Gasteiger partial charge in [0.15, 0.2) is 0 Å². The number of halogens is 3. The highest BCUT2D eigenvalue weighted by molar-refractivity contribution is 9.10. The molecule has 1 aliphatic carbocycles. The van der Waals surface area contributed by atoms with E-state index in [1.54, 1.807) is 0 Å². The standard InChI is InChI=1S/C12H14BrF2N/c1-8-2-9(4-10(13)3-8)7-16-11-5-12(14,15)6-11/h2-4,11,16H,5-7H2,1H3. The topological polar surface area (TPSA) is 12.0 Å². The molecule has 0 atom stereocenters. The Morgan fingerprint density at radius 2 is 2.06 bits per heavy atom. The van der Waals surface area contributed by atoms with Crippen LogP contribution in [0.15, 0.2) is 22.7 Å². The van der Waals surface area contributed by atoms with Gasteiger partial charge in [-0.2, -0.15) is 0 Å². The average molecular weight is 290 g/mol. The van der Waals surface area contributed by atoms with Crippen molar-refractivity contribution in [1.82, 2.24) is 5.32 Å². The number of nitrogens with one attached hydrogen (secondary N) is 1. The zero-order valence-electron chi connectivity index (χ0n) is 9.06. The fourth-order valence-corrected chi connectivity index (χ4v) is 2.64. The molecule has 16 heavy (non-hydrogen) atoms. The first-order valence-corrected chi connectivity index (χ1v) is 6.11. The monoisotopic (exact) mass is 289 g/mol. The third kappa shape index (κ3) is 3.01. The maximum absolute atomic E-state index is 12.6. The van der Waals surface area contributed by atoms with Crippen LogP contribution in [0.2, 0.25) is 0 Å². The highest BCUT2D eigenvalue weighted by Gasteiger charge is 2.44. The lowest BCUT2D eigenvalue weighted by Crippen LogP contribution is -2.48. The van der Waals surface area contributed by atoms with Crippen molar-refractivity contribution >= 4 is 15.9 Å². The van der Waals surface area contributed by atoms with Crippen molar-refractivity contribution < 1.29 is 8.78 Å². The highest BCUT2D eigenvalue weighted by Crippen LogP contribution is 2.37. The fraction of sp³-hybridized carbons (Fsp3) is 0.500. The average Bonchev–Trinajstić information content (AvgIpc) is 2.09. The summed E-state index contributed by atoms with van der Waals surface area (Å²) in [6, 6.07) is 6.07. The molecule has 1 N–H and O–H groups in total. The van der Waals surface area contributed by atoms with E-state index in [-0.39, 0.29) is 18.9 Å². The van der Waals surface area contributed by atoms with Crippen LogP contribution in [0.1, 0.15) is 24.0 Å². The van der Waals surface area contributed by atoms with Crippen LogP contribution in [0.3, 0.4) is 0 Å². The second-order valence-electron chi connectivity index (χ2n) is 4.48. The first kappa shape index (κ1) is 12.0. The number of alkyl halides is 2.